The second kappa shape index (κ2) is 8.20. The Labute approximate surface area is 165 Å². The molecule has 0 aliphatic carbocycles. The van der Waals surface area contributed by atoms with Gasteiger partial charge in [-0.05, 0) is 5.56 Å². The highest BCUT2D eigenvalue weighted by molar-refractivity contribution is 5.81. The van der Waals surface area contributed by atoms with Crippen molar-refractivity contribution in [1.29, 1.82) is 0 Å². The Morgan fingerprint density at radius 3 is 3.03 bits per heavy atom. The summed E-state index contributed by atoms with van der Waals surface area (Å²) in [6.07, 6.45) is 1.87. The molecule has 150 valence electrons. The number of hydrazone groups is 1. The summed E-state index contributed by atoms with van der Waals surface area (Å²) in [7, 11) is 0. The lowest BCUT2D eigenvalue weighted by Crippen LogP contribution is -2.30. The number of nitrogens with two attached hydrogens (primary N) is 1. The summed E-state index contributed by atoms with van der Waals surface area (Å²) in [5.41, 5.74) is 9.85. The van der Waals surface area contributed by atoms with Gasteiger partial charge in [-0.2, -0.15) is 5.10 Å². The number of carbonyl (C=O) groups is 1. The highest BCUT2D eigenvalue weighted by Gasteiger charge is 2.36. The molecule has 3 heterocycles. The lowest BCUT2D eigenvalue weighted by atomic mass is 10.2. The molecule has 0 bridgehead atoms. The van der Waals surface area contributed by atoms with Gasteiger partial charge in [-0.25, -0.2) is 25.2 Å². The van der Waals surface area contributed by atoms with Gasteiger partial charge >= 0.3 is 6.09 Å². The van der Waals surface area contributed by atoms with Gasteiger partial charge in [-0.1, -0.05) is 30.3 Å². The lowest BCUT2D eigenvalue weighted by Gasteiger charge is -2.15. The van der Waals surface area contributed by atoms with Crippen molar-refractivity contribution in [2.24, 2.45) is 5.10 Å². The molecule has 3 aromatic rings. The van der Waals surface area contributed by atoms with Crippen LogP contribution in [0.5, 0.6) is 0 Å². The zero-order valence-electron chi connectivity index (χ0n) is 15.3. The van der Waals surface area contributed by atoms with E-state index in [4.69, 9.17) is 15.2 Å². The molecule has 1 aliphatic heterocycles. The van der Waals surface area contributed by atoms with E-state index in [1.165, 1.54) is 18.9 Å². The number of hydrogen-bond acceptors (Lipinski definition) is 9. The zero-order valence-corrected chi connectivity index (χ0v) is 15.3. The van der Waals surface area contributed by atoms with Crippen molar-refractivity contribution < 1.29 is 19.4 Å². The van der Waals surface area contributed by atoms with Crippen LogP contribution in [-0.4, -0.2) is 55.7 Å². The summed E-state index contributed by atoms with van der Waals surface area (Å²) in [6.45, 7) is -0.131. The van der Waals surface area contributed by atoms with E-state index < -0.39 is 24.5 Å². The molecular formula is C18H19N7O4. The van der Waals surface area contributed by atoms with Crippen molar-refractivity contribution in [3.63, 3.8) is 0 Å². The van der Waals surface area contributed by atoms with Crippen molar-refractivity contribution >= 4 is 29.3 Å². The van der Waals surface area contributed by atoms with Crippen LogP contribution < -0.4 is 11.2 Å². The minimum absolute atomic E-state index is 0.131. The lowest BCUT2D eigenvalue weighted by molar-refractivity contribution is -0.0463. The monoisotopic (exact) mass is 397 g/mol. The number of benzene rings is 1. The molecule has 1 aliphatic rings. The van der Waals surface area contributed by atoms with Crippen molar-refractivity contribution in [3.05, 3.63) is 48.5 Å². The molecule has 0 spiro atoms. The largest absolute Gasteiger partial charge is 0.445 e. The highest BCUT2D eigenvalue weighted by Crippen LogP contribution is 2.31. The highest BCUT2D eigenvalue weighted by atomic mass is 16.6. The second-order valence-electron chi connectivity index (χ2n) is 6.39. The van der Waals surface area contributed by atoms with Gasteiger partial charge in [-0.15, -0.1) is 0 Å². The van der Waals surface area contributed by atoms with E-state index in [0.717, 1.165) is 5.56 Å². The molecule has 4 rings (SSSR count). The number of rotatable bonds is 5. The Hall–Kier alpha value is -3.57. The fourth-order valence-electron chi connectivity index (χ4n) is 3.01. The van der Waals surface area contributed by atoms with Crippen molar-refractivity contribution in [2.75, 3.05) is 12.3 Å². The number of nitrogens with one attached hydrogen (secondary N) is 1. The number of hydrogen-bond donors (Lipinski definition) is 3. The Bertz CT molecular complexity index is 1020. The molecule has 2 aromatic heterocycles. The van der Waals surface area contributed by atoms with Gasteiger partial charge < -0.3 is 20.3 Å². The molecule has 11 nitrogen and oxygen atoms in total. The van der Waals surface area contributed by atoms with E-state index in [1.807, 2.05) is 30.3 Å². The summed E-state index contributed by atoms with van der Waals surface area (Å²) in [6, 6.07) is 9.29. The number of ether oxygens (including phenoxy) is 2. The van der Waals surface area contributed by atoms with Crippen molar-refractivity contribution in [1.82, 2.24) is 24.9 Å². The standard InChI is InChI=1S/C18H19N7O4/c19-16-15-17(21-9-20-16)25(10-22-15)14-6-12(26)13(29-14)8-28-18(27)24-23-7-11-4-2-1-3-5-11/h1-5,7,9-10,12-14,26H,6,8H2,(H,24,27)(H2,19,20,21)/b23-7+/t12-,13+,14+/m0/s1. The van der Waals surface area contributed by atoms with Gasteiger partial charge in [-0.3, -0.25) is 4.57 Å². The van der Waals surface area contributed by atoms with Gasteiger partial charge in [0.15, 0.2) is 11.5 Å². The van der Waals surface area contributed by atoms with Crippen LogP contribution in [0.15, 0.2) is 48.1 Å². The summed E-state index contributed by atoms with van der Waals surface area (Å²) in [5, 5.41) is 14.1. The summed E-state index contributed by atoms with van der Waals surface area (Å²) in [4.78, 5) is 24.0. The number of carbonyl (C=O) groups excluding carboxylic acids is 1. The third-order valence-electron chi connectivity index (χ3n) is 4.45. The molecule has 1 amide bonds. The van der Waals surface area contributed by atoms with Crippen molar-refractivity contribution in [2.45, 2.75) is 24.9 Å². The van der Waals surface area contributed by atoms with Crippen LogP contribution in [0.2, 0.25) is 0 Å². The van der Waals surface area contributed by atoms with Gasteiger partial charge in [0.05, 0.1) is 18.6 Å². The molecule has 3 atom stereocenters. The molecule has 1 aromatic carbocycles. The SMILES string of the molecule is Nc1ncnc2c1ncn2[C@H]1C[C@H](O)[C@@H](COC(=O)N/N=C/c2ccccc2)O1. The maximum atomic E-state index is 11.8. The van der Waals surface area contributed by atoms with E-state index >= 15 is 0 Å². The first-order valence-electron chi connectivity index (χ1n) is 8.89. The number of aromatic nitrogens is 4. The predicted molar refractivity (Wildman–Crippen MR) is 103 cm³/mol. The van der Waals surface area contributed by atoms with E-state index in [-0.39, 0.29) is 18.8 Å². The molecule has 29 heavy (non-hydrogen) atoms. The number of fused-ring (bicyclic) bond motifs is 1. The second-order valence-corrected chi connectivity index (χ2v) is 6.39. The average Bonchev–Trinajstić information content (AvgIpc) is 3.31. The maximum absolute atomic E-state index is 11.8. The third-order valence-corrected chi connectivity index (χ3v) is 4.45. The minimum atomic E-state index is -0.822. The molecular weight excluding hydrogens is 378 g/mol. The van der Waals surface area contributed by atoms with Gasteiger partial charge in [0, 0.05) is 6.42 Å². The Morgan fingerprint density at radius 1 is 1.38 bits per heavy atom. The number of anilines is 1. The molecule has 1 saturated heterocycles. The fourth-order valence-corrected chi connectivity index (χ4v) is 3.01. The fraction of sp³-hybridized carbons (Fsp3) is 0.278. The molecule has 1 fully saturated rings. The van der Waals surface area contributed by atoms with Crippen LogP contribution in [-0.2, 0) is 9.47 Å². The smallest absolute Gasteiger partial charge is 0.427 e. The van der Waals surface area contributed by atoms with Crippen LogP contribution in [0.1, 0.15) is 18.2 Å². The predicted octanol–water partition coefficient (Wildman–Crippen LogP) is 0.817. The molecule has 0 radical (unpaired) electrons. The van der Waals surface area contributed by atoms with E-state index in [2.05, 4.69) is 25.5 Å². The number of amides is 1. The van der Waals surface area contributed by atoms with Gasteiger partial charge in [0.2, 0.25) is 0 Å². The first-order chi connectivity index (χ1) is 14.1. The van der Waals surface area contributed by atoms with Gasteiger partial charge in [0.25, 0.3) is 0 Å². The Balaban J connectivity index is 1.31. The number of nitrogens with zero attached hydrogens (tertiary/aromatic N) is 5. The van der Waals surface area contributed by atoms with Crippen LogP contribution in [0.4, 0.5) is 10.6 Å². The Morgan fingerprint density at radius 2 is 2.21 bits per heavy atom. The average molecular weight is 397 g/mol. The number of aliphatic hydroxyl groups is 1. The molecule has 11 heteroatoms. The number of aliphatic hydroxyl groups excluding tert-OH is 1. The van der Waals surface area contributed by atoms with E-state index in [1.54, 1.807) is 4.57 Å². The quantitative estimate of drug-likeness (QED) is 0.423. The van der Waals surface area contributed by atoms with Crippen LogP contribution in [0, 0.1) is 0 Å². The molecule has 0 saturated carbocycles. The normalized spacial score (nSPS) is 21.6. The van der Waals surface area contributed by atoms with Crippen LogP contribution in [0.3, 0.4) is 0 Å². The zero-order chi connectivity index (χ0) is 20.2. The van der Waals surface area contributed by atoms with E-state index in [9.17, 15) is 9.90 Å². The number of nitrogen functional groups attached to an aromatic ring is 1. The first kappa shape index (κ1) is 18.8. The molecule has 0 unspecified atom stereocenters. The summed E-state index contributed by atoms with van der Waals surface area (Å²) in [5.74, 6) is 0.264. The maximum Gasteiger partial charge on any atom is 0.427 e. The summed E-state index contributed by atoms with van der Waals surface area (Å²) >= 11 is 0. The minimum Gasteiger partial charge on any atom is -0.445 e. The third kappa shape index (κ3) is 4.15. The first-order valence-corrected chi connectivity index (χ1v) is 8.89. The van der Waals surface area contributed by atoms with E-state index in [0.29, 0.717) is 11.2 Å². The topological polar surface area (TPSA) is 150 Å². The Kier molecular flexibility index (Phi) is 5.31. The van der Waals surface area contributed by atoms with Crippen LogP contribution >= 0.6 is 0 Å². The number of imidazole rings is 1. The molecule has 4 N–H and O–H groups in total. The van der Waals surface area contributed by atoms with Crippen LogP contribution in [0.25, 0.3) is 11.2 Å². The van der Waals surface area contributed by atoms with Gasteiger partial charge in [0.1, 0.15) is 30.8 Å². The summed E-state index contributed by atoms with van der Waals surface area (Å²) < 4.78 is 12.6. The van der Waals surface area contributed by atoms with Crippen molar-refractivity contribution in [3.8, 4) is 0 Å².